The SMILES string of the molecule is O=C(c1cc(Cl)ncc1Cl)C(F)F. The van der Waals surface area contributed by atoms with E-state index < -0.39 is 12.2 Å². The molecule has 1 heterocycles. The molecule has 6 heteroatoms. The van der Waals surface area contributed by atoms with Crippen molar-refractivity contribution in [2.24, 2.45) is 0 Å². The maximum atomic E-state index is 12.0. The highest BCUT2D eigenvalue weighted by Gasteiger charge is 2.20. The summed E-state index contributed by atoms with van der Waals surface area (Å²) in [6.07, 6.45) is -2.03. The molecule has 0 aliphatic heterocycles. The minimum absolute atomic E-state index is 0.0478. The van der Waals surface area contributed by atoms with Crippen LogP contribution in [-0.2, 0) is 0 Å². The minimum Gasteiger partial charge on any atom is -0.288 e. The van der Waals surface area contributed by atoms with E-state index in [0.717, 1.165) is 12.3 Å². The lowest BCUT2D eigenvalue weighted by molar-refractivity contribution is 0.0679. The molecule has 0 aliphatic rings. The highest BCUT2D eigenvalue weighted by Crippen LogP contribution is 2.20. The summed E-state index contributed by atoms with van der Waals surface area (Å²) in [7, 11) is 0. The van der Waals surface area contributed by atoms with Crippen LogP contribution in [0.15, 0.2) is 12.3 Å². The van der Waals surface area contributed by atoms with E-state index in [-0.39, 0.29) is 15.7 Å². The summed E-state index contributed by atoms with van der Waals surface area (Å²) >= 11 is 10.9. The molecule has 13 heavy (non-hydrogen) atoms. The lowest BCUT2D eigenvalue weighted by Gasteiger charge is -2.01. The van der Waals surface area contributed by atoms with Gasteiger partial charge in [0.05, 0.1) is 5.02 Å². The predicted octanol–water partition coefficient (Wildman–Crippen LogP) is 2.84. The summed E-state index contributed by atoms with van der Waals surface area (Å²) in [6.45, 7) is 0. The Hall–Kier alpha value is -0.740. The Balaban J connectivity index is 3.13. The van der Waals surface area contributed by atoms with E-state index in [2.05, 4.69) is 4.98 Å². The molecule has 0 fully saturated rings. The zero-order valence-electron chi connectivity index (χ0n) is 6.10. The van der Waals surface area contributed by atoms with Gasteiger partial charge in [0.15, 0.2) is 0 Å². The van der Waals surface area contributed by atoms with Gasteiger partial charge in [-0.15, -0.1) is 0 Å². The molecule has 0 spiro atoms. The number of alkyl halides is 2. The van der Waals surface area contributed by atoms with Gasteiger partial charge < -0.3 is 0 Å². The molecule has 0 atom stereocenters. The molecule has 0 N–H and O–H groups in total. The molecular weight excluding hydrogens is 223 g/mol. The second kappa shape index (κ2) is 3.98. The molecular formula is C7H3Cl2F2NO. The quantitative estimate of drug-likeness (QED) is 0.573. The Morgan fingerprint density at radius 1 is 1.46 bits per heavy atom. The van der Waals surface area contributed by atoms with Gasteiger partial charge >= 0.3 is 6.43 Å². The van der Waals surface area contributed by atoms with Crippen molar-refractivity contribution in [2.45, 2.75) is 6.43 Å². The molecule has 70 valence electrons. The largest absolute Gasteiger partial charge is 0.300 e. The van der Waals surface area contributed by atoms with Crippen molar-refractivity contribution in [3.05, 3.63) is 28.0 Å². The molecule has 2 nitrogen and oxygen atoms in total. The lowest BCUT2D eigenvalue weighted by atomic mass is 10.2. The fraction of sp³-hybridized carbons (Fsp3) is 0.143. The summed E-state index contributed by atoms with van der Waals surface area (Å²) < 4.78 is 23.9. The predicted molar refractivity (Wildman–Crippen MR) is 44.6 cm³/mol. The third-order valence-corrected chi connectivity index (χ3v) is 1.79. The van der Waals surface area contributed by atoms with Gasteiger partial charge in [0.25, 0.3) is 0 Å². The van der Waals surface area contributed by atoms with E-state index in [9.17, 15) is 13.6 Å². The van der Waals surface area contributed by atoms with Crippen LogP contribution in [-0.4, -0.2) is 17.2 Å². The van der Waals surface area contributed by atoms with Crippen LogP contribution >= 0.6 is 23.2 Å². The number of carbonyl (C=O) groups excluding carboxylic acids is 1. The Labute approximate surface area is 82.5 Å². The fourth-order valence-electron chi connectivity index (χ4n) is 0.720. The van der Waals surface area contributed by atoms with Gasteiger partial charge in [-0.1, -0.05) is 23.2 Å². The van der Waals surface area contributed by atoms with Crippen LogP contribution in [0.2, 0.25) is 10.2 Å². The Morgan fingerprint density at radius 2 is 2.08 bits per heavy atom. The molecule has 0 saturated carbocycles. The van der Waals surface area contributed by atoms with E-state index in [1.165, 1.54) is 0 Å². The van der Waals surface area contributed by atoms with E-state index >= 15 is 0 Å². The smallest absolute Gasteiger partial charge is 0.288 e. The average molecular weight is 226 g/mol. The topological polar surface area (TPSA) is 30.0 Å². The van der Waals surface area contributed by atoms with Crippen LogP contribution in [0.1, 0.15) is 10.4 Å². The number of hydrogen-bond acceptors (Lipinski definition) is 2. The van der Waals surface area contributed by atoms with E-state index in [1.54, 1.807) is 0 Å². The number of halogens is 4. The maximum Gasteiger partial charge on any atom is 0.300 e. The molecule has 1 rings (SSSR count). The van der Waals surface area contributed by atoms with Crippen molar-refractivity contribution in [3.8, 4) is 0 Å². The highest BCUT2D eigenvalue weighted by atomic mass is 35.5. The van der Waals surface area contributed by atoms with Crippen LogP contribution < -0.4 is 0 Å². The van der Waals surface area contributed by atoms with E-state index in [1.807, 2.05) is 0 Å². The number of Topliss-reactive ketones (excluding diaryl/α,β-unsaturated/α-hetero) is 1. The summed E-state index contributed by atoms with van der Waals surface area (Å²) in [5.74, 6) is -1.35. The first-order valence-corrected chi connectivity index (χ1v) is 3.91. The van der Waals surface area contributed by atoms with Crippen molar-refractivity contribution < 1.29 is 13.6 Å². The molecule has 0 amide bonds. The van der Waals surface area contributed by atoms with Gasteiger partial charge in [0.2, 0.25) is 5.78 Å². The Bertz CT molecular complexity index is 343. The summed E-state index contributed by atoms with van der Waals surface area (Å²) in [5.41, 5.74) is -0.309. The number of aromatic nitrogens is 1. The Kier molecular flexibility index (Phi) is 3.17. The molecule has 0 unspecified atom stereocenters. The van der Waals surface area contributed by atoms with Gasteiger partial charge in [-0.3, -0.25) is 4.79 Å². The van der Waals surface area contributed by atoms with Crippen molar-refractivity contribution in [1.82, 2.24) is 4.98 Å². The lowest BCUT2D eigenvalue weighted by Crippen LogP contribution is -2.10. The summed E-state index contributed by atoms with van der Waals surface area (Å²) in [4.78, 5) is 14.3. The first-order valence-electron chi connectivity index (χ1n) is 3.16. The monoisotopic (exact) mass is 225 g/mol. The maximum absolute atomic E-state index is 12.0. The highest BCUT2D eigenvalue weighted by molar-refractivity contribution is 6.35. The van der Waals surface area contributed by atoms with Crippen molar-refractivity contribution in [2.75, 3.05) is 0 Å². The third-order valence-electron chi connectivity index (χ3n) is 1.29. The van der Waals surface area contributed by atoms with Gasteiger partial charge in [-0.05, 0) is 6.07 Å². The van der Waals surface area contributed by atoms with Gasteiger partial charge in [-0.2, -0.15) is 0 Å². The number of nitrogens with zero attached hydrogens (tertiary/aromatic N) is 1. The van der Waals surface area contributed by atoms with Crippen molar-refractivity contribution in [1.29, 1.82) is 0 Å². The second-order valence-electron chi connectivity index (χ2n) is 2.15. The standard InChI is InChI=1S/C7H3Cl2F2NO/c8-4-2-12-5(9)1-3(4)6(13)7(10)11/h1-2,7H. The van der Waals surface area contributed by atoms with Crippen LogP contribution in [0.3, 0.4) is 0 Å². The molecule has 1 aromatic heterocycles. The zero-order valence-corrected chi connectivity index (χ0v) is 7.61. The number of ketones is 1. The number of carbonyl (C=O) groups is 1. The number of pyridine rings is 1. The van der Waals surface area contributed by atoms with Gasteiger partial charge in [-0.25, -0.2) is 13.8 Å². The van der Waals surface area contributed by atoms with Crippen LogP contribution in [0.25, 0.3) is 0 Å². The Morgan fingerprint density at radius 3 is 2.62 bits per heavy atom. The molecule has 0 saturated heterocycles. The van der Waals surface area contributed by atoms with Crippen LogP contribution in [0.4, 0.5) is 8.78 Å². The van der Waals surface area contributed by atoms with Crippen molar-refractivity contribution in [3.63, 3.8) is 0 Å². The zero-order chi connectivity index (χ0) is 10.0. The van der Waals surface area contributed by atoms with Crippen molar-refractivity contribution >= 4 is 29.0 Å². The average Bonchev–Trinajstić information content (AvgIpc) is 2.08. The first kappa shape index (κ1) is 10.3. The first-order chi connectivity index (χ1) is 6.02. The number of hydrogen-bond donors (Lipinski definition) is 0. The van der Waals surface area contributed by atoms with Gasteiger partial charge in [0, 0.05) is 11.8 Å². The molecule has 0 bridgehead atoms. The van der Waals surface area contributed by atoms with Gasteiger partial charge in [0.1, 0.15) is 5.15 Å². The van der Waals surface area contributed by atoms with E-state index in [4.69, 9.17) is 23.2 Å². The molecule has 0 aliphatic carbocycles. The fourth-order valence-corrected chi connectivity index (χ4v) is 1.07. The molecule has 1 aromatic rings. The van der Waals surface area contributed by atoms with E-state index in [0.29, 0.717) is 0 Å². The molecule has 0 aromatic carbocycles. The van der Waals surface area contributed by atoms with Crippen LogP contribution in [0.5, 0.6) is 0 Å². The summed E-state index contributed by atoms with van der Waals surface area (Å²) in [5, 5.41) is -0.178. The van der Waals surface area contributed by atoms with Crippen LogP contribution in [0, 0.1) is 0 Å². The minimum atomic E-state index is -3.09. The molecule has 0 radical (unpaired) electrons. The normalized spacial score (nSPS) is 10.5. The second-order valence-corrected chi connectivity index (χ2v) is 2.95. The summed E-state index contributed by atoms with van der Waals surface area (Å²) in [6, 6.07) is 1.01. The third kappa shape index (κ3) is 2.35. The number of rotatable bonds is 2.